The van der Waals surface area contributed by atoms with E-state index >= 15 is 0 Å². The highest BCUT2D eigenvalue weighted by Gasteiger charge is 2.37. The van der Waals surface area contributed by atoms with Crippen LogP contribution in [0.15, 0.2) is 18.2 Å². The summed E-state index contributed by atoms with van der Waals surface area (Å²) in [6.07, 6.45) is 4.52. The second kappa shape index (κ2) is 3.56. The van der Waals surface area contributed by atoms with E-state index in [4.69, 9.17) is 17.3 Å². The molecule has 0 bridgehead atoms. The average molecular weight is 210 g/mol. The highest BCUT2D eigenvalue weighted by molar-refractivity contribution is 6.31. The van der Waals surface area contributed by atoms with E-state index in [9.17, 15) is 0 Å². The SMILES string of the molecule is Cc1c(Cl)cccc1CCC1(N)CC1. The summed E-state index contributed by atoms with van der Waals surface area (Å²) in [7, 11) is 0. The summed E-state index contributed by atoms with van der Waals surface area (Å²) in [5.41, 5.74) is 8.75. The molecule has 2 rings (SSSR count). The van der Waals surface area contributed by atoms with Crippen LogP contribution in [0, 0.1) is 6.92 Å². The third-order valence-electron chi connectivity index (χ3n) is 3.16. The lowest BCUT2D eigenvalue weighted by molar-refractivity contribution is 0.608. The van der Waals surface area contributed by atoms with E-state index in [0.717, 1.165) is 17.9 Å². The maximum atomic E-state index is 6.05. The van der Waals surface area contributed by atoms with Crippen molar-refractivity contribution in [2.24, 2.45) is 5.73 Å². The lowest BCUT2D eigenvalue weighted by Gasteiger charge is -2.10. The number of nitrogens with two attached hydrogens (primary N) is 1. The van der Waals surface area contributed by atoms with Crippen molar-refractivity contribution >= 4 is 11.6 Å². The van der Waals surface area contributed by atoms with Crippen LogP contribution in [-0.2, 0) is 6.42 Å². The Kier molecular flexibility index (Phi) is 2.54. The molecule has 0 heterocycles. The Labute approximate surface area is 90.3 Å². The Balaban J connectivity index is 2.05. The van der Waals surface area contributed by atoms with Crippen LogP contribution in [0.5, 0.6) is 0 Å². The fraction of sp³-hybridized carbons (Fsp3) is 0.500. The fourth-order valence-electron chi connectivity index (χ4n) is 1.72. The van der Waals surface area contributed by atoms with E-state index < -0.39 is 0 Å². The summed E-state index contributed by atoms with van der Waals surface area (Å²) >= 11 is 6.05. The van der Waals surface area contributed by atoms with E-state index in [1.807, 2.05) is 12.1 Å². The van der Waals surface area contributed by atoms with Crippen molar-refractivity contribution in [1.29, 1.82) is 0 Å². The molecule has 2 heteroatoms. The van der Waals surface area contributed by atoms with Gasteiger partial charge in [0.05, 0.1) is 0 Å². The Morgan fingerprint density at radius 3 is 2.79 bits per heavy atom. The zero-order valence-electron chi connectivity index (χ0n) is 8.52. The molecule has 2 N–H and O–H groups in total. The fourth-order valence-corrected chi connectivity index (χ4v) is 1.91. The number of benzene rings is 1. The van der Waals surface area contributed by atoms with Gasteiger partial charge in [-0.05, 0) is 49.8 Å². The summed E-state index contributed by atoms with van der Waals surface area (Å²) < 4.78 is 0. The van der Waals surface area contributed by atoms with E-state index in [1.165, 1.54) is 24.0 Å². The topological polar surface area (TPSA) is 26.0 Å². The van der Waals surface area contributed by atoms with Gasteiger partial charge in [0, 0.05) is 10.6 Å². The minimum absolute atomic E-state index is 0.148. The standard InChI is InChI=1S/C12H16ClN/c1-9-10(3-2-4-11(9)13)5-6-12(14)7-8-12/h2-4H,5-8,14H2,1H3. The van der Waals surface area contributed by atoms with Gasteiger partial charge in [-0.1, -0.05) is 23.7 Å². The Morgan fingerprint density at radius 1 is 1.43 bits per heavy atom. The van der Waals surface area contributed by atoms with Crippen molar-refractivity contribution in [3.63, 3.8) is 0 Å². The molecule has 0 unspecified atom stereocenters. The first-order chi connectivity index (χ1) is 6.61. The molecule has 0 saturated heterocycles. The molecular formula is C12H16ClN. The third kappa shape index (κ3) is 2.10. The van der Waals surface area contributed by atoms with Crippen molar-refractivity contribution in [2.75, 3.05) is 0 Å². The Morgan fingerprint density at radius 2 is 2.14 bits per heavy atom. The van der Waals surface area contributed by atoms with E-state index in [0.29, 0.717) is 0 Å². The minimum atomic E-state index is 0.148. The second-order valence-electron chi connectivity index (χ2n) is 4.39. The van der Waals surface area contributed by atoms with Crippen molar-refractivity contribution in [1.82, 2.24) is 0 Å². The predicted octanol–water partition coefficient (Wildman–Crippen LogP) is 3.07. The molecule has 0 atom stereocenters. The molecule has 1 aliphatic carbocycles. The van der Waals surface area contributed by atoms with Gasteiger partial charge >= 0.3 is 0 Å². The van der Waals surface area contributed by atoms with Crippen LogP contribution in [-0.4, -0.2) is 5.54 Å². The number of aryl methyl sites for hydroxylation is 1. The highest BCUT2D eigenvalue weighted by atomic mass is 35.5. The summed E-state index contributed by atoms with van der Waals surface area (Å²) in [5.74, 6) is 0. The normalized spacial score (nSPS) is 18.2. The molecule has 1 saturated carbocycles. The first kappa shape index (κ1) is 10.0. The van der Waals surface area contributed by atoms with Gasteiger partial charge < -0.3 is 5.73 Å². The first-order valence-electron chi connectivity index (χ1n) is 5.14. The lowest BCUT2D eigenvalue weighted by atomic mass is 10.0. The van der Waals surface area contributed by atoms with E-state index in [2.05, 4.69) is 13.0 Å². The van der Waals surface area contributed by atoms with Crippen molar-refractivity contribution in [3.8, 4) is 0 Å². The zero-order valence-corrected chi connectivity index (χ0v) is 9.27. The molecule has 1 aliphatic rings. The Bertz CT molecular complexity index is 342. The van der Waals surface area contributed by atoms with Crippen LogP contribution in [0.1, 0.15) is 30.4 Å². The maximum Gasteiger partial charge on any atom is 0.0437 e. The van der Waals surface area contributed by atoms with Crippen LogP contribution in [0.3, 0.4) is 0 Å². The smallest absolute Gasteiger partial charge is 0.0437 e. The Hall–Kier alpha value is -0.530. The van der Waals surface area contributed by atoms with Crippen LogP contribution < -0.4 is 5.73 Å². The van der Waals surface area contributed by atoms with Gasteiger partial charge in [-0.15, -0.1) is 0 Å². The number of rotatable bonds is 3. The monoisotopic (exact) mass is 209 g/mol. The molecule has 0 aliphatic heterocycles. The van der Waals surface area contributed by atoms with E-state index in [1.54, 1.807) is 0 Å². The quantitative estimate of drug-likeness (QED) is 0.814. The van der Waals surface area contributed by atoms with Gasteiger partial charge in [0.25, 0.3) is 0 Å². The third-order valence-corrected chi connectivity index (χ3v) is 3.57. The highest BCUT2D eigenvalue weighted by Crippen LogP contribution is 2.37. The summed E-state index contributed by atoms with van der Waals surface area (Å²) in [6, 6.07) is 6.10. The van der Waals surface area contributed by atoms with Gasteiger partial charge in [0.1, 0.15) is 0 Å². The molecule has 0 radical (unpaired) electrons. The zero-order chi connectivity index (χ0) is 10.2. The van der Waals surface area contributed by atoms with Crippen molar-refractivity contribution < 1.29 is 0 Å². The van der Waals surface area contributed by atoms with Gasteiger partial charge in [0.2, 0.25) is 0 Å². The van der Waals surface area contributed by atoms with Crippen LogP contribution >= 0.6 is 11.6 Å². The predicted molar refractivity (Wildman–Crippen MR) is 60.7 cm³/mol. The van der Waals surface area contributed by atoms with Crippen LogP contribution in [0.4, 0.5) is 0 Å². The van der Waals surface area contributed by atoms with Crippen molar-refractivity contribution in [3.05, 3.63) is 34.3 Å². The average Bonchev–Trinajstić information content (AvgIpc) is 2.88. The minimum Gasteiger partial charge on any atom is -0.325 e. The molecule has 1 aromatic carbocycles. The molecule has 0 spiro atoms. The summed E-state index contributed by atoms with van der Waals surface area (Å²) in [6.45, 7) is 2.08. The first-order valence-corrected chi connectivity index (χ1v) is 5.51. The number of hydrogen-bond acceptors (Lipinski definition) is 1. The van der Waals surface area contributed by atoms with Gasteiger partial charge in [0.15, 0.2) is 0 Å². The summed E-state index contributed by atoms with van der Waals surface area (Å²) in [5, 5.41) is 0.865. The molecule has 1 fully saturated rings. The number of halogens is 1. The molecule has 0 amide bonds. The van der Waals surface area contributed by atoms with Crippen molar-refractivity contribution in [2.45, 2.75) is 38.1 Å². The molecular weight excluding hydrogens is 194 g/mol. The second-order valence-corrected chi connectivity index (χ2v) is 4.79. The van der Waals surface area contributed by atoms with Crippen LogP contribution in [0.25, 0.3) is 0 Å². The number of hydrogen-bond donors (Lipinski definition) is 1. The largest absolute Gasteiger partial charge is 0.325 e. The molecule has 0 aromatic heterocycles. The van der Waals surface area contributed by atoms with Gasteiger partial charge in [-0.3, -0.25) is 0 Å². The van der Waals surface area contributed by atoms with Crippen LogP contribution in [0.2, 0.25) is 5.02 Å². The van der Waals surface area contributed by atoms with Gasteiger partial charge in [-0.2, -0.15) is 0 Å². The molecule has 1 aromatic rings. The molecule has 14 heavy (non-hydrogen) atoms. The van der Waals surface area contributed by atoms with Gasteiger partial charge in [-0.25, -0.2) is 0 Å². The molecule has 1 nitrogen and oxygen atoms in total. The lowest BCUT2D eigenvalue weighted by Crippen LogP contribution is -2.22. The molecule has 76 valence electrons. The van der Waals surface area contributed by atoms with E-state index in [-0.39, 0.29) is 5.54 Å². The summed E-state index contributed by atoms with van der Waals surface area (Å²) in [4.78, 5) is 0. The maximum absolute atomic E-state index is 6.05.